The molecule has 0 radical (unpaired) electrons. The Morgan fingerprint density at radius 2 is 1.31 bits per heavy atom. The number of rotatable bonds is 7. The number of hydrogen-bond acceptors (Lipinski definition) is 1. The maximum atomic E-state index is 14.6. The molecule has 2 saturated carbocycles. The van der Waals surface area contributed by atoms with Crippen molar-refractivity contribution in [3.63, 3.8) is 0 Å². The van der Waals surface area contributed by atoms with Gasteiger partial charge >= 0.3 is 6.11 Å². The van der Waals surface area contributed by atoms with E-state index >= 15 is 0 Å². The zero-order chi connectivity index (χ0) is 25.4. The monoisotopic (exact) mass is 500 g/mol. The molecule has 0 spiro atoms. The molecule has 1 nitrogen and oxygen atoms in total. The van der Waals surface area contributed by atoms with E-state index < -0.39 is 34.9 Å². The van der Waals surface area contributed by atoms with Crippen LogP contribution >= 0.6 is 0 Å². The molecular weight excluding hydrogens is 471 g/mol. The number of alkyl halides is 2. The van der Waals surface area contributed by atoms with Crippen LogP contribution in [-0.2, 0) is 6.11 Å². The largest absolute Gasteiger partial charge is 0.429 e. The minimum atomic E-state index is -3.85. The van der Waals surface area contributed by atoms with Crippen molar-refractivity contribution < 1.29 is 26.7 Å². The van der Waals surface area contributed by atoms with Crippen molar-refractivity contribution in [1.82, 2.24) is 0 Å². The van der Waals surface area contributed by atoms with Crippen LogP contribution < -0.4 is 4.74 Å². The lowest BCUT2D eigenvalue weighted by Gasteiger charge is -2.19. The van der Waals surface area contributed by atoms with Gasteiger partial charge in [-0.2, -0.15) is 8.78 Å². The van der Waals surface area contributed by atoms with Crippen LogP contribution in [0.2, 0.25) is 0 Å². The van der Waals surface area contributed by atoms with Gasteiger partial charge in [0.2, 0.25) is 0 Å². The Morgan fingerprint density at radius 3 is 1.83 bits per heavy atom. The van der Waals surface area contributed by atoms with Crippen LogP contribution in [0.5, 0.6) is 5.75 Å². The van der Waals surface area contributed by atoms with Crippen molar-refractivity contribution in [1.29, 1.82) is 0 Å². The Kier molecular flexibility index (Phi) is 6.80. The van der Waals surface area contributed by atoms with Gasteiger partial charge in [-0.05, 0) is 78.2 Å². The first-order chi connectivity index (χ1) is 17.2. The lowest BCUT2D eigenvalue weighted by Crippen LogP contribution is -2.22. The van der Waals surface area contributed by atoms with Gasteiger partial charge in [0.25, 0.3) is 0 Å². The molecule has 36 heavy (non-hydrogen) atoms. The van der Waals surface area contributed by atoms with Gasteiger partial charge in [0.15, 0.2) is 17.5 Å². The molecule has 3 aromatic carbocycles. The van der Waals surface area contributed by atoms with Crippen LogP contribution in [0.15, 0.2) is 60.7 Å². The van der Waals surface area contributed by atoms with E-state index in [1.165, 1.54) is 56.2 Å². The molecule has 190 valence electrons. The van der Waals surface area contributed by atoms with Gasteiger partial charge < -0.3 is 4.74 Å². The molecule has 2 fully saturated rings. The van der Waals surface area contributed by atoms with Gasteiger partial charge in [0, 0.05) is 12.1 Å². The van der Waals surface area contributed by atoms with Crippen molar-refractivity contribution >= 4 is 0 Å². The zero-order valence-corrected chi connectivity index (χ0v) is 20.1. The summed E-state index contributed by atoms with van der Waals surface area (Å²) in [5, 5.41) is 0. The molecule has 0 amide bonds. The highest BCUT2D eigenvalue weighted by molar-refractivity contribution is 5.64. The number of hydrogen-bond donors (Lipinski definition) is 0. The average molecular weight is 501 g/mol. The van der Waals surface area contributed by atoms with Crippen LogP contribution in [0.25, 0.3) is 11.1 Å². The van der Waals surface area contributed by atoms with E-state index in [9.17, 15) is 22.0 Å². The number of benzene rings is 3. The van der Waals surface area contributed by atoms with Crippen LogP contribution in [0.4, 0.5) is 22.0 Å². The summed E-state index contributed by atoms with van der Waals surface area (Å²) in [4.78, 5) is 0. The Labute approximate surface area is 208 Å². The minimum absolute atomic E-state index is 0.392. The summed E-state index contributed by atoms with van der Waals surface area (Å²) in [6.07, 6.45) is 4.04. The summed E-state index contributed by atoms with van der Waals surface area (Å²) in [5.74, 6) is -2.52. The molecule has 0 saturated heterocycles. The number of halogens is 5. The summed E-state index contributed by atoms with van der Waals surface area (Å²) in [6, 6.07) is 14.7. The highest BCUT2D eigenvalue weighted by atomic mass is 19.3. The lowest BCUT2D eigenvalue weighted by molar-refractivity contribution is -0.185. The number of fused-ring (bicyclic) bond motifs is 1. The van der Waals surface area contributed by atoms with Crippen LogP contribution in [0, 0.1) is 35.2 Å². The molecule has 2 aliphatic carbocycles. The first kappa shape index (κ1) is 24.8. The predicted octanol–water partition coefficient (Wildman–Crippen LogP) is 9.22. The van der Waals surface area contributed by atoms with Gasteiger partial charge in [-0.1, -0.05) is 56.2 Å². The molecular formula is C30H29F5O. The third-order valence-electron chi connectivity index (χ3n) is 7.95. The molecule has 3 aromatic rings. The SMILES string of the molecule is CCCC1CC2CC(c3ccc(-c4ccc(C(F)(F)Oc5cc(F)c(F)c(F)c5)cc4)cc3)CC2C1. The molecule has 2 unspecified atom stereocenters. The van der Waals surface area contributed by atoms with E-state index in [0.717, 1.165) is 28.9 Å². The van der Waals surface area contributed by atoms with E-state index in [1.54, 1.807) is 12.1 Å². The fraction of sp³-hybridized carbons (Fsp3) is 0.400. The Bertz CT molecular complexity index is 1170. The summed E-state index contributed by atoms with van der Waals surface area (Å²) in [5.41, 5.74) is 2.55. The minimum Gasteiger partial charge on any atom is -0.429 e. The van der Waals surface area contributed by atoms with Gasteiger partial charge in [0.05, 0.1) is 5.56 Å². The quantitative estimate of drug-likeness (QED) is 0.232. The van der Waals surface area contributed by atoms with Crippen molar-refractivity contribution in [3.8, 4) is 16.9 Å². The molecule has 0 heterocycles. The van der Waals surface area contributed by atoms with E-state index in [1.807, 2.05) is 12.1 Å². The maximum absolute atomic E-state index is 14.6. The Balaban J connectivity index is 1.24. The van der Waals surface area contributed by atoms with E-state index in [4.69, 9.17) is 0 Å². The highest BCUT2D eigenvalue weighted by Crippen LogP contribution is 2.53. The molecule has 6 heteroatoms. The summed E-state index contributed by atoms with van der Waals surface area (Å²) < 4.78 is 73.4. The fourth-order valence-corrected chi connectivity index (χ4v) is 6.26. The molecule has 0 aromatic heterocycles. The van der Waals surface area contributed by atoms with Crippen LogP contribution in [0.1, 0.15) is 62.5 Å². The van der Waals surface area contributed by atoms with Crippen molar-refractivity contribution in [2.75, 3.05) is 0 Å². The highest BCUT2D eigenvalue weighted by Gasteiger charge is 2.41. The van der Waals surface area contributed by atoms with Gasteiger partial charge in [0.1, 0.15) is 5.75 Å². The summed E-state index contributed by atoms with van der Waals surface area (Å²) in [6.45, 7) is 2.27. The second-order valence-electron chi connectivity index (χ2n) is 10.3. The van der Waals surface area contributed by atoms with E-state index in [0.29, 0.717) is 18.1 Å². The smallest absolute Gasteiger partial charge is 0.426 e. The topological polar surface area (TPSA) is 9.23 Å². The Hall–Kier alpha value is -2.89. The van der Waals surface area contributed by atoms with Crippen molar-refractivity contribution in [3.05, 3.63) is 89.2 Å². The molecule has 5 rings (SSSR count). The normalized spacial score (nSPS) is 23.6. The fourth-order valence-electron chi connectivity index (χ4n) is 6.26. The second-order valence-corrected chi connectivity index (χ2v) is 10.3. The number of ether oxygens (including phenoxy) is 1. The van der Waals surface area contributed by atoms with Crippen LogP contribution in [0.3, 0.4) is 0 Å². The first-order valence-electron chi connectivity index (χ1n) is 12.7. The predicted molar refractivity (Wildman–Crippen MR) is 129 cm³/mol. The van der Waals surface area contributed by atoms with E-state index in [-0.39, 0.29) is 0 Å². The standard InChI is InChI=1S/C30H29F5O/c1-2-3-18-12-22-14-24(15-23(22)13-18)21-6-4-19(5-7-21)20-8-10-25(11-9-20)30(34,35)36-26-16-27(31)29(33)28(32)17-26/h4-11,16-18,22-24H,2-3,12-15H2,1H3. The van der Waals surface area contributed by atoms with Gasteiger partial charge in [-0.25, -0.2) is 13.2 Å². The second kappa shape index (κ2) is 9.87. The molecule has 0 bridgehead atoms. The summed E-state index contributed by atoms with van der Waals surface area (Å²) >= 11 is 0. The average Bonchev–Trinajstić information content (AvgIpc) is 3.42. The molecule has 0 N–H and O–H groups in total. The molecule has 2 aliphatic rings. The third kappa shape index (κ3) is 5.00. The zero-order valence-electron chi connectivity index (χ0n) is 20.1. The Morgan fingerprint density at radius 1 is 0.778 bits per heavy atom. The third-order valence-corrected chi connectivity index (χ3v) is 7.95. The van der Waals surface area contributed by atoms with Gasteiger partial charge in [-0.15, -0.1) is 0 Å². The van der Waals surface area contributed by atoms with Crippen LogP contribution in [-0.4, -0.2) is 0 Å². The molecule has 0 aliphatic heterocycles. The first-order valence-corrected chi connectivity index (χ1v) is 12.7. The summed E-state index contributed by atoms with van der Waals surface area (Å²) in [7, 11) is 0. The van der Waals surface area contributed by atoms with Gasteiger partial charge in [-0.3, -0.25) is 0 Å². The van der Waals surface area contributed by atoms with Crippen molar-refractivity contribution in [2.24, 2.45) is 17.8 Å². The van der Waals surface area contributed by atoms with Crippen molar-refractivity contribution in [2.45, 2.75) is 57.5 Å². The van der Waals surface area contributed by atoms with E-state index in [2.05, 4.69) is 23.8 Å². The maximum Gasteiger partial charge on any atom is 0.426 e. The lowest BCUT2D eigenvalue weighted by atomic mass is 9.90. The molecule has 2 atom stereocenters.